The number of hydrogen-bond acceptors (Lipinski definition) is 5. The minimum atomic E-state index is -0.315. The van der Waals surface area contributed by atoms with Gasteiger partial charge in [-0.3, -0.25) is 0 Å². The van der Waals surface area contributed by atoms with E-state index in [-0.39, 0.29) is 11.3 Å². The van der Waals surface area contributed by atoms with E-state index in [0.717, 1.165) is 96.6 Å². The van der Waals surface area contributed by atoms with Crippen molar-refractivity contribution in [3.05, 3.63) is 124 Å². The number of furan rings is 1. The number of hydrogen-bond donors (Lipinski definition) is 2. The molecule has 46 heavy (non-hydrogen) atoms. The van der Waals surface area contributed by atoms with E-state index in [1.54, 1.807) is 0 Å². The van der Waals surface area contributed by atoms with Crippen LogP contribution in [0, 0.1) is 18.8 Å². The van der Waals surface area contributed by atoms with Gasteiger partial charge in [0.05, 0.1) is 5.41 Å². The quantitative estimate of drug-likeness (QED) is 0.309. The van der Waals surface area contributed by atoms with E-state index in [9.17, 15) is 0 Å². The van der Waals surface area contributed by atoms with E-state index in [1.165, 1.54) is 46.6 Å². The summed E-state index contributed by atoms with van der Waals surface area (Å²) >= 11 is 0. The van der Waals surface area contributed by atoms with Crippen molar-refractivity contribution in [1.29, 1.82) is 0 Å². The second kappa shape index (κ2) is 10.9. The molecule has 234 valence electrons. The molecular weight excluding hydrogens is 568 g/mol. The van der Waals surface area contributed by atoms with E-state index >= 15 is 0 Å². The second-order valence-electron chi connectivity index (χ2n) is 13.7. The van der Waals surface area contributed by atoms with Crippen LogP contribution in [0.15, 0.2) is 111 Å². The molecule has 3 aliphatic carbocycles. The average molecular weight is 611 g/mol. The monoisotopic (exact) mass is 610 g/mol. The lowest BCUT2D eigenvalue weighted by atomic mass is 9.54. The highest BCUT2D eigenvalue weighted by atomic mass is 16.5. The molecule has 1 aromatic heterocycles. The summed E-state index contributed by atoms with van der Waals surface area (Å²) in [5.74, 6) is 6.00. The Bertz CT molecular complexity index is 1950. The van der Waals surface area contributed by atoms with Crippen LogP contribution in [0.5, 0.6) is 5.75 Å². The van der Waals surface area contributed by atoms with Crippen molar-refractivity contribution in [3.8, 4) is 16.9 Å². The zero-order valence-corrected chi connectivity index (χ0v) is 26.7. The Morgan fingerprint density at radius 1 is 1.04 bits per heavy atom. The molecule has 0 saturated heterocycles. The van der Waals surface area contributed by atoms with Crippen molar-refractivity contribution < 1.29 is 13.9 Å². The summed E-state index contributed by atoms with van der Waals surface area (Å²) < 4.78 is 20.1. The molecule has 3 aromatic rings. The molecule has 3 N–H and O–H groups in total. The maximum absolute atomic E-state index is 6.97. The third-order valence-electron chi connectivity index (χ3n) is 11.3. The van der Waals surface area contributed by atoms with Gasteiger partial charge in [-0.05, 0) is 93.3 Å². The summed E-state index contributed by atoms with van der Waals surface area (Å²) in [4.78, 5) is 0. The molecule has 3 atom stereocenters. The summed E-state index contributed by atoms with van der Waals surface area (Å²) in [6, 6.07) is 13.3. The summed E-state index contributed by atoms with van der Waals surface area (Å²) in [6.07, 6.45) is 23.1. The summed E-state index contributed by atoms with van der Waals surface area (Å²) in [5.41, 5.74) is 15.7. The first-order valence-corrected chi connectivity index (χ1v) is 17.3. The first-order valence-electron chi connectivity index (χ1n) is 17.3. The minimum Gasteiger partial charge on any atom is -0.466 e. The molecule has 0 fully saturated rings. The van der Waals surface area contributed by atoms with Gasteiger partial charge in [0.15, 0.2) is 0 Å². The van der Waals surface area contributed by atoms with E-state index in [2.05, 4.69) is 78.2 Å². The maximum Gasteiger partial charge on any atom is 0.135 e. The van der Waals surface area contributed by atoms with Crippen LogP contribution in [0.3, 0.4) is 0 Å². The molecule has 4 heterocycles. The Labute approximate surface area is 271 Å². The number of aryl methyl sites for hydroxylation is 1. The van der Waals surface area contributed by atoms with Crippen LogP contribution in [0.4, 0.5) is 0 Å². The first kappa shape index (κ1) is 28.0. The van der Waals surface area contributed by atoms with Crippen molar-refractivity contribution >= 4 is 11.0 Å². The van der Waals surface area contributed by atoms with Crippen LogP contribution >= 0.6 is 0 Å². The Balaban J connectivity index is 1.25. The van der Waals surface area contributed by atoms with Crippen molar-refractivity contribution in [2.45, 2.75) is 70.1 Å². The van der Waals surface area contributed by atoms with Crippen LogP contribution in [-0.4, -0.2) is 13.1 Å². The van der Waals surface area contributed by atoms with Gasteiger partial charge in [-0.1, -0.05) is 54.6 Å². The third kappa shape index (κ3) is 4.10. The van der Waals surface area contributed by atoms with Gasteiger partial charge in [0, 0.05) is 59.0 Å². The van der Waals surface area contributed by atoms with Crippen molar-refractivity contribution in [2.24, 2.45) is 17.6 Å². The number of ether oxygens (including phenoxy) is 2. The maximum atomic E-state index is 6.97. The highest BCUT2D eigenvalue weighted by molar-refractivity contribution is 5.97. The van der Waals surface area contributed by atoms with Crippen LogP contribution in [0.25, 0.3) is 22.1 Å². The lowest BCUT2D eigenvalue weighted by molar-refractivity contribution is 0.171. The van der Waals surface area contributed by atoms with E-state index in [1.807, 2.05) is 6.92 Å². The smallest absolute Gasteiger partial charge is 0.135 e. The minimum absolute atomic E-state index is 0.192. The van der Waals surface area contributed by atoms with Gasteiger partial charge in [-0.2, -0.15) is 0 Å². The number of fused-ring (bicyclic) bond motifs is 7. The molecule has 1 spiro atoms. The third-order valence-corrected chi connectivity index (χ3v) is 11.3. The molecule has 0 saturated carbocycles. The standard InChI is InChI=1S/C41H42N2O3/c1-25-28(20-21-42)40-29(9-8-15-37(40)44-25)26-16-18-32-38(23-26)45-35-13-4-2-10-30(35)41(32)31-11-3-5-14-36(31)46-39-24-27(17-19-33(39)41)34-12-6-7-22-43-34/h2-4,8-9,11-13,15-16,18,23,27,30,43H,5-7,10,14,17,19-22,24,42H2,1H3. The number of benzene rings is 2. The van der Waals surface area contributed by atoms with Crippen molar-refractivity contribution in [1.82, 2.24) is 5.32 Å². The van der Waals surface area contributed by atoms with Crippen LogP contribution in [-0.2, 0) is 16.6 Å². The lowest BCUT2D eigenvalue weighted by Crippen LogP contribution is -2.48. The molecule has 5 nitrogen and oxygen atoms in total. The van der Waals surface area contributed by atoms with E-state index in [0.29, 0.717) is 12.5 Å². The second-order valence-corrected chi connectivity index (χ2v) is 13.7. The van der Waals surface area contributed by atoms with E-state index in [4.69, 9.17) is 19.6 Å². The number of allylic oxidation sites excluding steroid dienone is 12. The summed E-state index contributed by atoms with van der Waals surface area (Å²) in [5, 5.41) is 4.89. The topological polar surface area (TPSA) is 69.7 Å². The fourth-order valence-corrected chi connectivity index (χ4v) is 9.32. The van der Waals surface area contributed by atoms with Gasteiger partial charge in [0.1, 0.15) is 34.4 Å². The zero-order chi connectivity index (χ0) is 30.8. The fourth-order valence-electron chi connectivity index (χ4n) is 9.32. The molecule has 0 bridgehead atoms. The fraction of sp³-hybridized carbons (Fsp3) is 0.366. The Morgan fingerprint density at radius 2 is 2.00 bits per heavy atom. The lowest BCUT2D eigenvalue weighted by Gasteiger charge is -2.53. The SMILES string of the molecule is Cc1oc2cccc(-c3ccc4c(c3)OC3=CC=CCC3C43C4=C(CCC=C4)OC4=C3CCC(C3=CCCCN3)C4)c2c1CCN. The number of rotatable bonds is 4. The van der Waals surface area contributed by atoms with Gasteiger partial charge in [-0.15, -0.1) is 0 Å². The van der Waals surface area contributed by atoms with Gasteiger partial charge < -0.3 is 24.9 Å². The van der Waals surface area contributed by atoms with Crippen LogP contribution in [0.2, 0.25) is 0 Å². The van der Waals surface area contributed by atoms with Crippen molar-refractivity contribution in [3.63, 3.8) is 0 Å². The summed E-state index contributed by atoms with van der Waals surface area (Å²) in [6.45, 7) is 3.71. The first-order chi connectivity index (χ1) is 22.7. The number of nitrogens with two attached hydrogens (primary N) is 1. The molecule has 5 heteroatoms. The molecule has 0 radical (unpaired) electrons. The van der Waals surface area contributed by atoms with Gasteiger partial charge in [-0.25, -0.2) is 0 Å². The molecule has 2 aromatic carbocycles. The Hall–Kier alpha value is -4.22. The van der Waals surface area contributed by atoms with Gasteiger partial charge in [0.2, 0.25) is 0 Å². The average Bonchev–Trinajstić information content (AvgIpc) is 3.42. The van der Waals surface area contributed by atoms with Crippen LogP contribution in [0.1, 0.15) is 68.3 Å². The Morgan fingerprint density at radius 3 is 2.89 bits per heavy atom. The van der Waals surface area contributed by atoms with Crippen LogP contribution < -0.4 is 15.8 Å². The van der Waals surface area contributed by atoms with Gasteiger partial charge in [0.25, 0.3) is 0 Å². The molecule has 6 aliphatic rings. The van der Waals surface area contributed by atoms with Gasteiger partial charge >= 0.3 is 0 Å². The number of nitrogens with one attached hydrogen (secondary N) is 1. The molecular formula is C41H42N2O3. The van der Waals surface area contributed by atoms with Crippen molar-refractivity contribution in [2.75, 3.05) is 13.1 Å². The molecule has 9 rings (SSSR count). The molecule has 0 amide bonds. The predicted molar refractivity (Wildman–Crippen MR) is 183 cm³/mol. The normalized spacial score (nSPS) is 26.4. The van der Waals surface area contributed by atoms with E-state index < -0.39 is 0 Å². The largest absolute Gasteiger partial charge is 0.466 e. The zero-order valence-electron chi connectivity index (χ0n) is 26.7. The molecule has 3 unspecified atom stereocenters. The summed E-state index contributed by atoms with van der Waals surface area (Å²) in [7, 11) is 0. The highest BCUT2D eigenvalue weighted by Gasteiger charge is 2.57. The Kier molecular flexibility index (Phi) is 6.67. The predicted octanol–water partition coefficient (Wildman–Crippen LogP) is 8.96. The molecule has 3 aliphatic heterocycles. The highest BCUT2D eigenvalue weighted by Crippen LogP contribution is 2.63.